The van der Waals surface area contributed by atoms with E-state index in [4.69, 9.17) is 0 Å². The fourth-order valence-corrected chi connectivity index (χ4v) is 0.673. The van der Waals surface area contributed by atoms with Crippen molar-refractivity contribution >= 4 is 11.5 Å². The quantitative estimate of drug-likeness (QED) is 0.550. The molecule has 0 amide bonds. The molecule has 1 heterocycles. The average molecular weight is 118 g/mol. The lowest BCUT2D eigenvalue weighted by atomic mass is 10.6. The molecule has 2 nitrogen and oxygen atoms in total. The summed E-state index contributed by atoms with van der Waals surface area (Å²) in [4.78, 5) is 0. The van der Waals surface area contributed by atoms with Crippen molar-refractivity contribution in [3.63, 3.8) is 0 Å². The maximum Gasteiger partial charge on any atom is 0.134 e. The first kappa shape index (κ1) is 4.64. The highest BCUT2D eigenvalue weighted by Gasteiger charge is 1.89. The molecule has 0 aromatic carbocycles. The highest BCUT2D eigenvalue weighted by atomic mass is 32.1. The van der Waals surface area contributed by atoms with Crippen LogP contribution in [0.15, 0.2) is 5.38 Å². The summed E-state index contributed by atoms with van der Waals surface area (Å²) in [6, 6.07) is 0. The molecule has 7 heavy (non-hydrogen) atoms. The van der Waals surface area contributed by atoms with E-state index >= 15 is 0 Å². The standard InChI is InChI=1S/C3H3FN2S/c4-1-3-2-7-6-5-3/h2H,1H2. The van der Waals surface area contributed by atoms with Crippen molar-refractivity contribution in [3.8, 4) is 0 Å². The predicted molar refractivity (Wildman–Crippen MR) is 24.7 cm³/mol. The summed E-state index contributed by atoms with van der Waals surface area (Å²) in [6.07, 6.45) is 0. The van der Waals surface area contributed by atoms with Gasteiger partial charge in [-0.1, -0.05) is 4.49 Å². The lowest BCUT2D eigenvalue weighted by Gasteiger charge is -1.71. The van der Waals surface area contributed by atoms with Gasteiger partial charge in [0, 0.05) is 5.38 Å². The Kier molecular flexibility index (Phi) is 1.31. The molecule has 4 heteroatoms. The summed E-state index contributed by atoms with van der Waals surface area (Å²) in [7, 11) is 0. The average Bonchev–Trinajstić information content (AvgIpc) is 2.14. The molecule has 0 N–H and O–H groups in total. The number of hydrogen-bond donors (Lipinski definition) is 0. The molecule has 0 radical (unpaired) electrons. The van der Waals surface area contributed by atoms with E-state index in [1.54, 1.807) is 5.38 Å². The minimum absolute atomic E-state index is 0.421. The third kappa shape index (κ3) is 0.928. The number of rotatable bonds is 1. The highest BCUT2D eigenvalue weighted by Crippen LogP contribution is 1.96. The number of nitrogens with zero attached hydrogens (tertiary/aromatic N) is 2. The zero-order valence-corrected chi connectivity index (χ0v) is 4.28. The van der Waals surface area contributed by atoms with E-state index in [1.807, 2.05) is 0 Å². The molecule has 1 aromatic rings. The fraction of sp³-hybridized carbons (Fsp3) is 0.333. The smallest absolute Gasteiger partial charge is 0.134 e. The molecule has 1 rings (SSSR count). The molecule has 0 aliphatic carbocycles. The van der Waals surface area contributed by atoms with E-state index < -0.39 is 6.67 Å². The van der Waals surface area contributed by atoms with Gasteiger partial charge in [0.2, 0.25) is 0 Å². The molecular weight excluding hydrogens is 115 g/mol. The van der Waals surface area contributed by atoms with Crippen molar-refractivity contribution in [1.29, 1.82) is 0 Å². The number of aromatic nitrogens is 2. The third-order valence-electron chi connectivity index (χ3n) is 0.542. The molecule has 0 aliphatic heterocycles. The molecular formula is C3H3FN2S. The Balaban J connectivity index is 2.76. The molecule has 0 atom stereocenters. The summed E-state index contributed by atoms with van der Waals surface area (Å²) in [5, 5.41) is 5.01. The van der Waals surface area contributed by atoms with E-state index in [2.05, 4.69) is 9.59 Å². The van der Waals surface area contributed by atoms with Gasteiger partial charge in [-0.15, -0.1) is 5.10 Å². The Bertz CT molecular complexity index is 127. The molecule has 0 saturated carbocycles. The Labute approximate surface area is 44.2 Å². The summed E-state index contributed by atoms with van der Waals surface area (Å²) in [5.41, 5.74) is 0.421. The minimum Gasteiger partial charge on any atom is -0.244 e. The monoisotopic (exact) mass is 118 g/mol. The van der Waals surface area contributed by atoms with Crippen molar-refractivity contribution in [1.82, 2.24) is 9.59 Å². The Hall–Kier alpha value is -0.510. The largest absolute Gasteiger partial charge is 0.244 e. The summed E-state index contributed by atoms with van der Waals surface area (Å²) in [6.45, 7) is -0.503. The van der Waals surface area contributed by atoms with Crippen molar-refractivity contribution in [2.45, 2.75) is 6.67 Å². The third-order valence-corrected chi connectivity index (χ3v) is 1.10. The van der Waals surface area contributed by atoms with Crippen LogP contribution in [0.4, 0.5) is 4.39 Å². The van der Waals surface area contributed by atoms with Gasteiger partial charge in [0.25, 0.3) is 0 Å². The van der Waals surface area contributed by atoms with Gasteiger partial charge in [-0.05, 0) is 11.5 Å². The SMILES string of the molecule is FCc1csnn1. The molecule has 0 spiro atoms. The van der Waals surface area contributed by atoms with Gasteiger partial charge in [0.15, 0.2) is 0 Å². The molecule has 0 aliphatic rings. The van der Waals surface area contributed by atoms with E-state index in [0.717, 1.165) is 11.5 Å². The zero-order valence-electron chi connectivity index (χ0n) is 3.47. The molecule has 0 fully saturated rings. The van der Waals surface area contributed by atoms with Crippen LogP contribution in [0.1, 0.15) is 5.69 Å². The van der Waals surface area contributed by atoms with Crippen molar-refractivity contribution < 1.29 is 4.39 Å². The number of alkyl halides is 1. The Morgan fingerprint density at radius 1 is 1.86 bits per heavy atom. The second-order valence-electron chi connectivity index (χ2n) is 1.03. The maximum atomic E-state index is 11.5. The van der Waals surface area contributed by atoms with Crippen LogP contribution in [-0.4, -0.2) is 9.59 Å². The number of halogens is 1. The van der Waals surface area contributed by atoms with E-state index in [-0.39, 0.29) is 0 Å². The van der Waals surface area contributed by atoms with E-state index in [9.17, 15) is 4.39 Å². The maximum absolute atomic E-state index is 11.5. The first-order valence-corrected chi connectivity index (χ1v) is 2.59. The molecule has 1 aromatic heterocycles. The van der Waals surface area contributed by atoms with Crippen LogP contribution in [0.2, 0.25) is 0 Å². The van der Waals surface area contributed by atoms with Gasteiger partial charge in [-0.3, -0.25) is 0 Å². The lowest BCUT2D eigenvalue weighted by Crippen LogP contribution is -1.74. The van der Waals surface area contributed by atoms with Crippen LogP contribution in [-0.2, 0) is 6.67 Å². The lowest BCUT2D eigenvalue weighted by molar-refractivity contribution is 0.475. The van der Waals surface area contributed by atoms with Crippen molar-refractivity contribution in [2.24, 2.45) is 0 Å². The van der Waals surface area contributed by atoms with Crippen LogP contribution in [0.25, 0.3) is 0 Å². The Morgan fingerprint density at radius 2 is 2.71 bits per heavy atom. The first-order valence-electron chi connectivity index (χ1n) is 1.75. The normalized spacial score (nSPS) is 9.29. The van der Waals surface area contributed by atoms with Crippen LogP contribution >= 0.6 is 11.5 Å². The van der Waals surface area contributed by atoms with Crippen molar-refractivity contribution in [3.05, 3.63) is 11.1 Å². The summed E-state index contributed by atoms with van der Waals surface area (Å²) < 4.78 is 14.9. The topological polar surface area (TPSA) is 25.8 Å². The zero-order chi connectivity index (χ0) is 5.11. The van der Waals surface area contributed by atoms with Crippen LogP contribution in [0.5, 0.6) is 0 Å². The van der Waals surface area contributed by atoms with Gasteiger partial charge in [-0.25, -0.2) is 4.39 Å². The van der Waals surface area contributed by atoms with E-state index in [0.29, 0.717) is 5.69 Å². The molecule has 38 valence electrons. The highest BCUT2D eigenvalue weighted by molar-refractivity contribution is 7.03. The minimum atomic E-state index is -0.503. The van der Waals surface area contributed by atoms with Gasteiger partial charge < -0.3 is 0 Å². The van der Waals surface area contributed by atoms with Gasteiger partial charge in [-0.2, -0.15) is 0 Å². The fourth-order valence-electron chi connectivity index (χ4n) is 0.242. The van der Waals surface area contributed by atoms with Crippen LogP contribution < -0.4 is 0 Å². The molecule has 0 unspecified atom stereocenters. The first-order chi connectivity index (χ1) is 3.43. The second kappa shape index (κ2) is 1.97. The summed E-state index contributed by atoms with van der Waals surface area (Å²) in [5.74, 6) is 0. The Morgan fingerprint density at radius 3 is 3.00 bits per heavy atom. The van der Waals surface area contributed by atoms with Crippen molar-refractivity contribution in [2.75, 3.05) is 0 Å². The van der Waals surface area contributed by atoms with E-state index in [1.165, 1.54) is 0 Å². The number of hydrogen-bond acceptors (Lipinski definition) is 3. The van der Waals surface area contributed by atoms with Gasteiger partial charge in [0.1, 0.15) is 12.4 Å². The van der Waals surface area contributed by atoms with Crippen LogP contribution in [0, 0.1) is 0 Å². The molecule has 0 saturated heterocycles. The summed E-state index contributed by atoms with van der Waals surface area (Å²) >= 11 is 1.16. The molecule has 0 bridgehead atoms. The van der Waals surface area contributed by atoms with Gasteiger partial charge in [0.05, 0.1) is 0 Å². The van der Waals surface area contributed by atoms with Gasteiger partial charge >= 0.3 is 0 Å². The predicted octanol–water partition coefficient (Wildman–Crippen LogP) is 1.01. The second-order valence-corrected chi connectivity index (χ2v) is 1.64. The van der Waals surface area contributed by atoms with Crippen LogP contribution in [0.3, 0.4) is 0 Å².